The highest BCUT2D eigenvalue weighted by Gasteiger charge is 2.61. The molecule has 10 heteroatoms. The van der Waals surface area contributed by atoms with Gasteiger partial charge in [0.15, 0.2) is 5.60 Å². The summed E-state index contributed by atoms with van der Waals surface area (Å²) in [6.07, 6.45) is 1.46. The van der Waals surface area contributed by atoms with Gasteiger partial charge in [0.05, 0.1) is 12.3 Å². The number of cyclic esters (lactones) is 1. The SMILES string of the molecule is C=C[C@@H](C(=O)N[C@@H](Cc1c[nH]c2ccccc12)C(=O)OC(C)(C)C)[C@]1(CC(=O)OC(C)(C)C)O[C@H](C(C)(C)C)OC1=O. The number of ether oxygens (including phenoxy) is 4. The van der Waals surface area contributed by atoms with E-state index in [-0.39, 0.29) is 6.42 Å². The standard InChI is InChI=1S/C32H44N2O8/c1-11-21(32(17-24(35)40-30(5,6)7)27(38)39-28(42-32)29(2,3)4)25(36)34-23(26(37)41-31(8,9)10)16-19-18-33-22-15-13-12-14-20(19)22/h11-15,18,21,23,28,33H,1,16-17H2,2-10H3,(H,34,36)/t21-,23-,28+,32-/m0/s1. The van der Waals surface area contributed by atoms with Crippen molar-refractivity contribution < 1.29 is 38.1 Å². The lowest BCUT2D eigenvalue weighted by molar-refractivity contribution is -0.178. The van der Waals surface area contributed by atoms with Gasteiger partial charge >= 0.3 is 17.9 Å². The molecule has 1 aromatic carbocycles. The normalized spacial score (nSPS) is 20.9. The Morgan fingerprint density at radius 1 is 1.05 bits per heavy atom. The van der Waals surface area contributed by atoms with Gasteiger partial charge < -0.3 is 29.2 Å². The van der Waals surface area contributed by atoms with E-state index in [1.807, 2.05) is 24.3 Å². The van der Waals surface area contributed by atoms with E-state index in [4.69, 9.17) is 18.9 Å². The fraction of sp³-hybridized carbons (Fsp3) is 0.562. The van der Waals surface area contributed by atoms with Crippen LogP contribution < -0.4 is 5.32 Å². The molecule has 2 heterocycles. The number of benzene rings is 1. The topological polar surface area (TPSA) is 133 Å². The van der Waals surface area contributed by atoms with Gasteiger partial charge in [0.25, 0.3) is 0 Å². The molecule has 1 aliphatic heterocycles. The minimum Gasteiger partial charge on any atom is -0.460 e. The van der Waals surface area contributed by atoms with Gasteiger partial charge in [-0.2, -0.15) is 0 Å². The zero-order valence-electron chi connectivity index (χ0n) is 26.1. The number of hydrogen-bond acceptors (Lipinski definition) is 8. The summed E-state index contributed by atoms with van der Waals surface area (Å²) in [5.74, 6) is -4.46. The second-order valence-corrected chi connectivity index (χ2v) is 13.7. The number of aromatic amines is 1. The molecular formula is C32H44N2O8. The molecule has 0 saturated carbocycles. The highest BCUT2D eigenvalue weighted by Crippen LogP contribution is 2.42. The Bertz CT molecular complexity index is 1340. The Labute approximate surface area is 247 Å². The minimum absolute atomic E-state index is 0.101. The molecule has 2 N–H and O–H groups in total. The van der Waals surface area contributed by atoms with Crippen LogP contribution in [0.15, 0.2) is 43.1 Å². The van der Waals surface area contributed by atoms with Crippen LogP contribution in [0.3, 0.4) is 0 Å². The van der Waals surface area contributed by atoms with Crippen LogP contribution in [0, 0.1) is 11.3 Å². The fourth-order valence-corrected chi connectivity index (χ4v) is 4.69. The highest BCUT2D eigenvalue weighted by molar-refractivity contribution is 5.97. The van der Waals surface area contributed by atoms with Crippen LogP contribution in [0.25, 0.3) is 10.9 Å². The second kappa shape index (κ2) is 11.9. The Balaban J connectivity index is 1.99. The van der Waals surface area contributed by atoms with Crippen LogP contribution in [0.5, 0.6) is 0 Å². The number of carbonyl (C=O) groups excluding carboxylic acids is 4. The fourth-order valence-electron chi connectivity index (χ4n) is 4.69. The molecule has 10 nitrogen and oxygen atoms in total. The molecule has 0 aliphatic carbocycles. The summed E-state index contributed by atoms with van der Waals surface area (Å²) in [6.45, 7) is 19.5. The van der Waals surface area contributed by atoms with Crippen molar-refractivity contribution in [3.63, 3.8) is 0 Å². The van der Waals surface area contributed by atoms with E-state index in [0.717, 1.165) is 16.5 Å². The summed E-state index contributed by atoms with van der Waals surface area (Å²) in [4.78, 5) is 57.0. The number of nitrogens with one attached hydrogen (secondary N) is 2. The first kappa shape index (κ1) is 32.8. The van der Waals surface area contributed by atoms with E-state index in [1.54, 1.807) is 68.5 Å². The average Bonchev–Trinajstić information content (AvgIpc) is 3.38. The quantitative estimate of drug-likeness (QED) is 0.245. The third kappa shape index (κ3) is 7.79. The summed E-state index contributed by atoms with van der Waals surface area (Å²) in [6, 6.07) is 6.45. The lowest BCUT2D eigenvalue weighted by atomic mass is 9.83. The lowest BCUT2D eigenvalue weighted by Crippen LogP contribution is -2.55. The monoisotopic (exact) mass is 584 g/mol. The van der Waals surface area contributed by atoms with Crippen LogP contribution >= 0.6 is 0 Å². The van der Waals surface area contributed by atoms with Crippen LogP contribution in [0.1, 0.15) is 74.3 Å². The number of hydrogen-bond donors (Lipinski definition) is 2. The molecule has 0 radical (unpaired) electrons. The first-order valence-electron chi connectivity index (χ1n) is 14.1. The largest absolute Gasteiger partial charge is 0.460 e. The molecule has 0 unspecified atom stereocenters. The van der Waals surface area contributed by atoms with Gasteiger partial charge in [0.1, 0.15) is 17.2 Å². The van der Waals surface area contributed by atoms with E-state index < -0.39 is 70.7 Å². The van der Waals surface area contributed by atoms with Crippen molar-refractivity contribution in [1.82, 2.24) is 10.3 Å². The van der Waals surface area contributed by atoms with Crippen molar-refractivity contribution in [2.75, 3.05) is 0 Å². The highest BCUT2D eigenvalue weighted by atomic mass is 16.8. The molecule has 1 saturated heterocycles. The predicted molar refractivity (Wildman–Crippen MR) is 157 cm³/mol. The van der Waals surface area contributed by atoms with Gasteiger partial charge in [-0.25, -0.2) is 9.59 Å². The smallest absolute Gasteiger partial charge is 0.342 e. The Hall–Kier alpha value is -3.66. The Morgan fingerprint density at radius 2 is 1.67 bits per heavy atom. The Morgan fingerprint density at radius 3 is 2.21 bits per heavy atom. The van der Waals surface area contributed by atoms with E-state index in [9.17, 15) is 19.2 Å². The first-order chi connectivity index (χ1) is 19.3. The van der Waals surface area contributed by atoms with E-state index >= 15 is 0 Å². The molecule has 0 bridgehead atoms. The summed E-state index contributed by atoms with van der Waals surface area (Å²) in [7, 11) is 0. The van der Waals surface area contributed by atoms with Crippen molar-refractivity contribution >= 4 is 34.7 Å². The number of amides is 1. The summed E-state index contributed by atoms with van der Waals surface area (Å²) >= 11 is 0. The van der Waals surface area contributed by atoms with Gasteiger partial charge in [0, 0.05) is 28.9 Å². The zero-order valence-corrected chi connectivity index (χ0v) is 26.1. The molecule has 1 fully saturated rings. The van der Waals surface area contributed by atoms with Gasteiger partial charge in [-0.1, -0.05) is 45.0 Å². The van der Waals surface area contributed by atoms with Crippen LogP contribution in [-0.2, 0) is 44.5 Å². The number of fused-ring (bicyclic) bond motifs is 1. The molecule has 0 spiro atoms. The van der Waals surface area contributed by atoms with Crippen molar-refractivity contribution in [2.45, 2.75) is 104 Å². The van der Waals surface area contributed by atoms with Gasteiger partial charge in [-0.3, -0.25) is 9.59 Å². The number of rotatable bonds is 9. The predicted octanol–water partition coefficient (Wildman–Crippen LogP) is 4.76. The van der Waals surface area contributed by atoms with Crippen molar-refractivity contribution in [3.05, 3.63) is 48.7 Å². The van der Waals surface area contributed by atoms with Gasteiger partial charge in [-0.05, 0) is 53.2 Å². The van der Waals surface area contributed by atoms with Crippen LogP contribution in [0.4, 0.5) is 0 Å². The van der Waals surface area contributed by atoms with Crippen molar-refractivity contribution in [1.29, 1.82) is 0 Å². The molecule has 1 aliphatic rings. The third-order valence-electron chi connectivity index (χ3n) is 6.54. The second-order valence-electron chi connectivity index (χ2n) is 13.7. The summed E-state index contributed by atoms with van der Waals surface area (Å²) in [5.41, 5.74) is -2.75. The number of carbonyl (C=O) groups is 4. The molecule has 1 aromatic heterocycles. The Kier molecular flexibility index (Phi) is 9.32. The van der Waals surface area contributed by atoms with Crippen LogP contribution in [-0.4, -0.2) is 57.9 Å². The molecule has 1 amide bonds. The van der Waals surface area contributed by atoms with E-state index in [2.05, 4.69) is 16.9 Å². The molecule has 2 aromatic rings. The molecule has 230 valence electrons. The van der Waals surface area contributed by atoms with Crippen molar-refractivity contribution in [3.8, 4) is 0 Å². The van der Waals surface area contributed by atoms with Gasteiger partial charge in [0.2, 0.25) is 12.2 Å². The number of aromatic nitrogens is 1. The van der Waals surface area contributed by atoms with E-state index in [1.165, 1.54) is 6.08 Å². The average molecular weight is 585 g/mol. The number of H-pyrrole nitrogens is 1. The maximum absolute atomic E-state index is 14.0. The molecule has 3 rings (SSSR count). The van der Waals surface area contributed by atoms with E-state index in [0.29, 0.717) is 0 Å². The minimum atomic E-state index is -2.06. The summed E-state index contributed by atoms with van der Waals surface area (Å²) in [5, 5.41) is 3.64. The molecule has 42 heavy (non-hydrogen) atoms. The van der Waals surface area contributed by atoms with Crippen molar-refractivity contribution in [2.24, 2.45) is 11.3 Å². The first-order valence-corrected chi connectivity index (χ1v) is 14.1. The molecule has 4 atom stereocenters. The number of para-hydroxylation sites is 1. The zero-order chi connectivity index (χ0) is 31.7. The maximum Gasteiger partial charge on any atom is 0.342 e. The maximum atomic E-state index is 14.0. The van der Waals surface area contributed by atoms with Crippen LogP contribution in [0.2, 0.25) is 0 Å². The number of esters is 3. The third-order valence-corrected chi connectivity index (χ3v) is 6.54. The van der Waals surface area contributed by atoms with Gasteiger partial charge in [-0.15, -0.1) is 6.58 Å². The summed E-state index contributed by atoms with van der Waals surface area (Å²) < 4.78 is 22.8. The lowest BCUT2D eigenvalue weighted by Gasteiger charge is -2.33. The molecular weight excluding hydrogens is 540 g/mol.